The van der Waals surface area contributed by atoms with Crippen molar-refractivity contribution in [1.82, 2.24) is 4.90 Å². The highest BCUT2D eigenvalue weighted by Crippen LogP contribution is 2.39. The van der Waals surface area contributed by atoms with Crippen molar-refractivity contribution in [1.29, 1.82) is 0 Å². The van der Waals surface area contributed by atoms with Crippen molar-refractivity contribution in [3.63, 3.8) is 0 Å². The van der Waals surface area contributed by atoms with Gasteiger partial charge in [-0.2, -0.15) is 0 Å². The molecule has 0 radical (unpaired) electrons. The number of benzene rings is 2. The van der Waals surface area contributed by atoms with E-state index in [0.717, 1.165) is 11.1 Å². The first-order chi connectivity index (χ1) is 15.9. The minimum absolute atomic E-state index is 0.0282. The van der Waals surface area contributed by atoms with Crippen molar-refractivity contribution in [2.75, 3.05) is 19.7 Å². The van der Waals surface area contributed by atoms with Crippen LogP contribution < -0.4 is 9.47 Å². The first kappa shape index (κ1) is 24.8. The molecule has 0 bridgehead atoms. The zero-order chi connectivity index (χ0) is 24.0. The van der Waals surface area contributed by atoms with Gasteiger partial charge in [-0.25, -0.2) is 0 Å². The summed E-state index contributed by atoms with van der Waals surface area (Å²) < 4.78 is 12.4. The van der Waals surface area contributed by atoms with Gasteiger partial charge in [-0.3, -0.25) is 24.8 Å². The number of hydrogen-bond donors (Lipinski definition) is 0. The van der Waals surface area contributed by atoms with E-state index in [1.807, 2.05) is 39.0 Å². The summed E-state index contributed by atoms with van der Waals surface area (Å²) >= 11 is 4.91. The Kier molecular flexibility index (Phi) is 8.51. The monoisotopic (exact) mass is 533 g/mol. The van der Waals surface area contributed by atoms with E-state index in [0.29, 0.717) is 45.7 Å². The number of rotatable bonds is 9. The Labute approximate surface area is 204 Å². The number of likely N-dealkylation sites (N-methyl/N-ethyl adjacent to an activating group) is 1. The lowest BCUT2D eigenvalue weighted by Gasteiger charge is -2.15. The van der Waals surface area contributed by atoms with Crippen molar-refractivity contribution in [2.24, 2.45) is 4.99 Å². The van der Waals surface area contributed by atoms with Gasteiger partial charge >= 0.3 is 0 Å². The Hall–Kier alpha value is -2.85. The largest absolute Gasteiger partial charge is 0.490 e. The van der Waals surface area contributed by atoms with E-state index in [1.165, 1.54) is 23.9 Å². The molecule has 0 spiro atoms. The normalized spacial score (nSPS) is 16.0. The third-order valence-electron chi connectivity index (χ3n) is 4.66. The molecule has 0 atom stereocenters. The highest BCUT2D eigenvalue weighted by atomic mass is 79.9. The highest BCUT2D eigenvalue weighted by Gasteiger charge is 2.32. The van der Waals surface area contributed by atoms with E-state index in [-0.39, 0.29) is 18.2 Å². The Morgan fingerprint density at radius 2 is 1.91 bits per heavy atom. The molecule has 1 aliphatic rings. The lowest BCUT2D eigenvalue weighted by atomic mass is 10.1. The summed E-state index contributed by atoms with van der Waals surface area (Å²) in [4.78, 5) is 29.8. The molecule has 174 valence electrons. The van der Waals surface area contributed by atoms with Gasteiger partial charge in [-0.05, 0) is 89.9 Å². The molecular formula is C23H24BrN3O5S. The van der Waals surface area contributed by atoms with Crippen molar-refractivity contribution < 1.29 is 19.2 Å². The number of nitrogens with zero attached hydrogens (tertiary/aromatic N) is 3. The van der Waals surface area contributed by atoms with E-state index < -0.39 is 4.92 Å². The number of nitro benzene ring substituents is 1. The second-order valence-corrected chi connectivity index (χ2v) is 8.76. The summed E-state index contributed by atoms with van der Waals surface area (Å²) in [6, 6.07) is 9.88. The number of ether oxygens (including phenoxy) is 2. The molecule has 2 aromatic carbocycles. The van der Waals surface area contributed by atoms with Crippen LogP contribution in [0.2, 0.25) is 0 Å². The average molecular weight is 534 g/mol. The molecule has 0 saturated carbocycles. The SMILES string of the molecule is CCN=C1S/C(=C/c2cc(Br)c(OCc3ccc([N+](=O)[O-])cc3)c(OCC)c2)C(=O)N1CC. The number of carbonyl (C=O) groups excluding carboxylic acids is 1. The Bertz CT molecular complexity index is 1100. The van der Waals surface area contributed by atoms with E-state index in [4.69, 9.17) is 9.47 Å². The fourth-order valence-electron chi connectivity index (χ4n) is 3.13. The molecule has 0 unspecified atom stereocenters. The van der Waals surface area contributed by atoms with Crippen LogP contribution in [0.15, 0.2) is 50.8 Å². The fraction of sp³-hybridized carbons (Fsp3) is 0.304. The maximum absolute atomic E-state index is 12.8. The van der Waals surface area contributed by atoms with Crippen molar-refractivity contribution in [2.45, 2.75) is 27.4 Å². The number of amides is 1. The zero-order valence-electron chi connectivity index (χ0n) is 18.5. The first-order valence-electron chi connectivity index (χ1n) is 10.5. The summed E-state index contributed by atoms with van der Waals surface area (Å²) in [6.07, 6.45) is 1.82. The van der Waals surface area contributed by atoms with Gasteiger partial charge in [0.25, 0.3) is 11.6 Å². The summed E-state index contributed by atoms with van der Waals surface area (Å²) in [5.74, 6) is 0.985. The van der Waals surface area contributed by atoms with Gasteiger partial charge < -0.3 is 9.47 Å². The number of halogens is 1. The smallest absolute Gasteiger partial charge is 0.269 e. The van der Waals surface area contributed by atoms with Crippen molar-refractivity contribution >= 4 is 50.5 Å². The molecule has 10 heteroatoms. The Morgan fingerprint density at radius 1 is 1.18 bits per heavy atom. The van der Waals surface area contributed by atoms with Crippen LogP contribution in [0.5, 0.6) is 11.5 Å². The van der Waals surface area contributed by atoms with Crippen molar-refractivity contribution in [3.05, 3.63) is 67.0 Å². The van der Waals surface area contributed by atoms with E-state index in [9.17, 15) is 14.9 Å². The molecule has 1 saturated heterocycles. The van der Waals surface area contributed by atoms with Gasteiger partial charge in [0.2, 0.25) is 0 Å². The summed E-state index contributed by atoms with van der Waals surface area (Å²) in [5, 5.41) is 11.5. The van der Waals surface area contributed by atoms with Crippen LogP contribution in [0, 0.1) is 10.1 Å². The molecule has 1 aliphatic heterocycles. The molecule has 8 nitrogen and oxygen atoms in total. The van der Waals surface area contributed by atoms with E-state index >= 15 is 0 Å². The summed E-state index contributed by atoms with van der Waals surface area (Å²) in [7, 11) is 0. The average Bonchev–Trinajstić information content (AvgIpc) is 3.07. The summed E-state index contributed by atoms with van der Waals surface area (Å²) in [6.45, 7) is 7.56. The second-order valence-electron chi connectivity index (χ2n) is 6.89. The number of aliphatic imine (C=N–C) groups is 1. The molecule has 1 heterocycles. The fourth-order valence-corrected chi connectivity index (χ4v) is 4.81. The van der Waals surface area contributed by atoms with Gasteiger partial charge in [-0.1, -0.05) is 0 Å². The van der Waals surface area contributed by atoms with Crippen LogP contribution in [0.3, 0.4) is 0 Å². The lowest BCUT2D eigenvalue weighted by Crippen LogP contribution is -2.28. The number of amidine groups is 1. The van der Waals surface area contributed by atoms with Gasteiger partial charge in [0.05, 0.1) is 20.9 Å². The zero-order valence-corrected chi connectivity index (χ0v) is 20.9. The maximum atomic E-state index is 12.8. The Morgan fingerprint density at radius 3 is 2.52 bits per heavy atom. The van der Waals surface area contributed by atoms with Gasteiger partial charge in [0, 0.05) is 25.2 Å². The molecular weight excluding hydrogens is 510 g/mol. The predicted octanol–water partition coefficient (Wildman–Crippen LogP) is 5.65. The van der Waals surface area contributed by atoms with E-state index in [1.54, 1.807) is 17.0 Å². The minimum atomic E-state index is -0.439. The molecule has 1 fully saturated rings. The van der Waals surface area contributed by atoms with Crippen LogP contribution in [0.1, 0.15) is 31.9 Å². The summed E-state index contributed by atoms with van der Waals surface area (Å²) in [5.41, 5.74) is 1.61. The molecule has 0 N–H and O–H groups in total. The molecule has 0 aliphatic carbocycles. The minimum Gasteiger partial charge on any atom is -0.490 e. The third-order valence-corrected chi connectivity index (χ3v) is 6.29. The molecule has 2 aromatic rings. The molecule has 33 heavy (non-hydrogen) atoms. The van der Waals surface area contributed by atoms with Crippen LogP contribution in [-0.2, 0) is 11.4 Å². The standard InChI is InChI=1S/C23H24BrN3O5S/c1-4-25-23-26(5-2)22(28)20(33-23)13-16-11-18(24)21(19(12-16)31-6-3)32-14-15-7-9-17(10-8-15)27(29)30/h7-13H,4-6,14H2,1-3H3/b20-13+,25-23?. The van der Waals surface area contributed by atoms with Gasteiger partial charge in [-0.15, -0.1) is 0 Å². The van der Waals surface area contributed by atoms with Crippen LogP contribution >= 0.6 is 27.7 Å². The Balaban J connectivity index is 1.85. The van der Waals surface area contributed by atoms with Gasteiger partial charge in [0.1, 0.15) is 6.61 Å². The maximum Gasteiger partial charge on any atom is 0.269 e. The van der Waals surface area contributed by atoms with Crippen LogP contribution in [0.25, 0.3) is 6.08 Å². The third kappa shape index (κ3) is 5.94. The number of nitro groups is 1. The second kappa shape index (κ2) is 11.3. The molecule has 3 rings (SSSR count). The molecule has 0 aromatic heterocycles. The van der Waals surface area contributed by atoms with Crippen LogP contribution in [-0.4, -0.2) is 40.6 Å². The number of hydrogen-bond acceptors (Lipinski definition) is 7. The van der Waals surface area contributed by atoms with Crippen LogP contribution in [0.4, 0.5) is 5.69 Å². The number of carbonyl (C=O) groups is 1. The lowest BCUT2D eigenvalue weighted by molar-refractivity contribution is -0.384. The topological polar surface area (TPSA) is 94.3 Å². The molecule has 1 amide bonds. The number of non-ortho nitro benzene ring substituents is 1. The predicted molar refractivity (Wildman–Crippen MR) is 134 cm³/mol. The first-order valence-corrected chi connectivity index (χ1v) is 12.1. The van der Waals surface area contributed by atoms with Gasteiger partial charge in [0.15, 0.2) is 16.7 Å². The highest BCUT2D eigenvalue weighted by molar-refractivity contribution is 9.10. The quantitative estimate of drug-likeness (QED) is 0.235. The van der Waals surface area contributed by atoms with Crippen molar-refractivity contribution in [3.8, 4) is 11.5 Å². The van der Waals surface area contributed by atoms with E-state index in [2.05, 4.69) is 20.9 Å². The number of thioether (sulfide) groups is 1.